The highest BCUT2D eigenvalue weighted by Crippen LogP contribution is 2.18. The molecule has 1 atom stereocenters. The molecule has 3 heterocycles. The average Bonchev–Trinajstić information content (AvgIpc) is 3.10. The molecule has 0 aromatic carbocycles. The number of aromatic nitrogens is 2. The molecule has 1 fully saturated rings. The lowest BCUT2D eigenvalue weighted by Gasteiger charge is -2.12. The molecule has 5 heteroatoms. The molecule has 0 spiro atoms. The van der Waals surface area contributed by atoms with Crippen LogP contribution in [-0.2, 0) is 17.8 Å². The first-order valence-corrected chi connectivity index (χ1v) is 6.70. The molecule has 1 unspecified atom stereocenters. The van der Waals surface area contributed by atoms with Crippen LogP contribution in [0.15, 0.2) is 28.8 Å². The molecule has 1 aliphatic heterocycles. The molecule has 19 heavy (non-hydrogen) atoms. The Bertz CT molecular complexity index is 526. The van der Waals surface area contributed by atoms with Crippen LogP contribution < -0.4 is 5.32 Å². The number of hydrogen-bond acceptors (Lipinski definition) is 4. The maximum atomic E-state index is 5.54. The first kappa shape index (κ1) is 12.3. The number of rotatable bonds is 5. The fraction of sp³-hybridized carbons (Fsp3) is 0.500. The van der Waals surface area contributed by atoms with Crippen LogP contribution >= 0.6 is 0 Å². The lowest BCUT2D eigenvalue weighted by atomic mass is 10.1. The van der Waals surface area contributed by atoms with Crippen molar-refractivity contribution in [2.75, 3.05) is 18.5 Å². The van der Waals surface area contributed by atoms with Crippen molar-refractivity contribution < 1.29 is 9.15 Å². The summed E-state index contributed by atoms with van der Waals surface area (Å²) in [6, 6.07) is 5.96. The molecule has 0 amide bonds. The normalized spacial score (nSPS) is 18.9. The second-order valence-electron chi connectivity index (χ2n) is 4.99. The second-order valence-corrected chi connectivity index (χ2v) is 4.99. The Balaban J connectivity index is 1.59. The van der Waals surface area contributed by atoms with Crippen molar-refractivity contribution in [1.82, 2.24) is 9.78 Å². The van der Waals surface area contributed by atoms with Crippen molar-refractivity contribution in [3.63, 3.8) is 0 Å². The molecule has 3 rings (SSSR count). The van der Waals surface area contributed by atoms with Gasteiger partial charge in [-0.3, -0.25) is 0 Å². The van der Waals surface area contributed by atoms with Crippen LogP contribution in [-0.4, -0.2) is 23.0 Å². The topological polar surface area (TPSA) is 52.2 Å². The van der Waals surface area contributed by atoms with Gasteiger partial charge in [-0.15, -0.1) is 0 Å². The Hall–Kier alpha value is -1.75. The van der Waals surface area contributed by atoms with Crippen molar-refractivity contribution in [2.45, 2.75) is 26.4 Å². The summed E-state index contributed by atoms with van der Waals surface area (Å²) >= 11 is 0. The van der Waals surface area contributed by atoms with Gasteiger partial charge < -0.3 is 14.5 Å². The largest absolute Gasteiger partial charge is 0.465 e. The molecular weight excluding hydrogens is 242 g/mol. The van der Waals surface area contributed by atoms with Crippen molar-refractivity contribution in [3.8, 4) is 0 Å². The summed E-state index contributed by atoms with van der Waals surface area (Å²) in [5.41, 5.74) is 0. The summed E-state index contributed by atoms with van der Waals surface area (Å²) in [6.45, 7) is 5.26. The van der Waals surface area contributed by atoms with E-state index >= 15 is 0 Å². The molecule has 0 saturated carbocycles. The van der Waals surface area contributed by atoms with Gasteiger partial charge in [-0.2, -0.15) is 5.10 Å². The third-order valence-electron chi connectivity index (χ3n) is 3.41. The van der Waals surface area contributed by atoms with E-state index in [0.717, 1.165) is 43.5 Å². The van der Waals surface area contributed by atoms with Crippen LogP contribution in [0.3, 0.4) is 0 Å². The van der Waals surface area contributed by atoms with E-state index in [0.29, 0.717) is 12.5 Å². The zero-order valence-electron chi connectivity index (χ0n) is 11.1. The number of furan rings is 1. The van der Waals surface area contributed by atoms with Crippen LogP contribution in [0.4, 0.5) is 5.82 Å². The van der Waals surface area contributed by atoms with Gasteiger partial charge in [-0.1, -0.05) is 0 Å². The van der Waals surface area contributed by atoms with E-state index in [4.69, 9.17) is 9.15 Å². The van der Waals surface area contributed by atoms with Gasteiger partial charge in [-0.05, 0) is 25.5 Å². The Morgan fingerprint density at radius 1 is 1.42 bits per heavy atom. The van der Waals surface area contributed by atoms with E-state index in [2.05, 4.69) is 10.4 Å². The first-order chi connectivity index (χ1) is 9.31. The number of anilines is 1. The lowest BCUT2D eigenvalue weighted by molar-refractivity contribution is 0.181. The van der Waals surface area contributed by atoms with E-state index in [1.165, 1.54) is 0 Å². The van der Waals surface area contributed by atoms with Crippen LogP contribution in [0, 0.1) is 12.8 Å². The Labute approximate surface area is 112 Å². The fourth-order valence-corrected chi connectivity index (χ4v) is 2.36. The van der Waals surface area contributed by atoms with Crippen molar-refractivity contribution >= 4 is 5.82 Å². The Kier molecular flexibility index (Phi) is 3.55. The van der Waals surface area contributed by atoms with Crippen LogP contribution in [0.25, 0.3) is 0 Å². The van der Waals surface area contributed by atoms with Gasteiger partial charge >= 0.3 is 0 Å². The van der Waals surface area contributed by atoms with E-state index < -0.39 is 0 Å². The monoisotopic (exact) mass is 261 g/mol. The Morgan fingerprint density at radius 3 is 3.11 bits per heavy atom. The molecule has 2 aromatic rings. The van der Waals surface area contributed by atoms with Crippen LogP contribution in [0.1, 0.15) is 17.9 Å². The molecule has 0 radical (unpaired) electrons. The number of nitrogens with one attached hydrogen (secondary N) is 1. The van der Waals surface area contributed by atoms with Gasteiger partial charge in [0.25, 0.3) is 0 Å². The van der Waals surface area contributed by atoms with Crippen molar-refractivity contribution in [2.24, 2.45) is 5.92 Å². The number of nitrogens with zero attached hydrogens (tertiary/aromatic N) is 2. The van der Waals surface area contributed by atoms with E-state index in [9.17, 15) is 0 Å². The highest BCUT2D eigenvalue weighted by molar-refractivity contribution is 5.34. The first-order valence-electron chi connectivity index (χ1n) is 6.70. The van der Waals surface area contributed by atoms with Crippen LogP contribution in [0.5, 0.6) is 0 Å². The summed E-state index contributed by atoms with van der Waals surface area (Å²) in [5, 5.41) is 7.73. The summed E-state index contributed by atoms with van der Waals surface area (Å²) < 4.78 is 13.0. The van der Waals surface area contributed by atoms with Gasteiger partial charge in [0.2, 0.25) is 0 Å². The molecule has 1 N–H and O–H groups in total. The smallest absolute Gasteiger partial charge is 0.124 e. The minimum atomic E-state index is 0.575. The highest BCUT2D eigenvalue weighted by atomic mass is 16.5. The van der Waals surface area contributed by atoms with E-state index in [1.54, 1.807) is 0 Å². The van der Waals surface area contributed by atoms with Gasteiger partial charge in [0.1, 0.15) is 17.3 Å². The molecule has 1 aliphatic rings. The summed E-state index contributed by atoms with van der Waals surface area (Å²) in [4.78, 5) is 0. The highest BCUT2D eigenvalue weighted by Gasteiger charge is 2.17. The average molecular weight is 261 g/mol. The number of ether oxygens (including phenoxy) is 1. The fourth-order valence-electron chi connectivity index (χ4n) is 2.36. The van der Waals surface area contributed by atoms with E-state index in [-0.39, 0.29) is 0 Å². The van der Waals surface area contributed by atoms with E-state index in [1.807, 2.05) is 36.0 Å². The Morgan fingerprint density at radius 2 is 2.37 bits per heavy atom. The SMILES string of the molecule is Cc1ccc(CNc2ccnn2CC2CCOC2)o1. The van der Waals surface area contributed by atoms with Gasteiger partial charge in [0.05, 0.1) is 19.3 Å². The molecule has 0 aliphatic carbocycles. The maximum absolute atomic E-state index is 5.54. The molecular formula is C14H19N3O2. The number of aryl methyl sites for hydroxylation is 1. The van der Waals surface area contributed by atoms with Crippen LogP contribution in [0.2, 0.25) is 0 Å². The third kappa shape index (κ3) is 2.98. The maximum Gasteiger partial charge on any atom is 0.124 e. The van der Waals surface area contributed by atoms with Crippen molar-refractivity contribution in [3.05, 3.63) is 35.9 Å². The zero-order chi connectivity index (χ0) is 13.1. The molecule has 102 valence electrons. The molecule has 2 aromatic heterocycles. The lowest BCUT2D eigenvalue weighted by Crippen LogP contribution is -2.14. The molecule has 5 nitrogen and oxygen atoms in total. The predicted molar refractivity (Wildman–Crippen MR) is 71.9 cm³/mol. The zero-order valence-corrected chi connectivity index (χ0v) is 11.1. The number of hydrogen-bond donors (Lipinski definition) is 1. The molecule has 1 saturated heterocycles. The summed E-state index contributed by atoms with van der Waals surface area (Å²) in [6.07, 6.45) is 2.95. The molecule has 0 bridgehead atoms. The quantitative estimate of drug-likeness (QED) is 0.898. The summed E-state index contributed by atoms with van der Waals surface area (Å²) in [5.74, 6) is 3.48. The van der Waals surface area contributed by atoms with Gasteiger partial charge in [-0.25, -0.2) is 4.68 Å². The standard InChI is InChI=1S/C14H19N3O2/c1-11-2-3-13(19-11)8-15-14-4-6-16-17(14)9-12-5-7-18-10-12/h2-4,6,12,15H,5,7-10H2,1H3. The summed E-state index contributed by atoms with van der Waals surface area (Å²) in [7, 11) is 0. The van der Waals surface area contributed by atoms with Crippen molar-refractivity contribution in [1.29, 1.82) is 0 Å². The predicted octanol–water partition coefficient (Wildman–Crippen LogP) is 2.43. The third-order valence-corrected chi connectivity index (χ3v) is 3.41. The minimum absolute atomic E-state index is 0.575. The van der Waals surface area contributed by atoms with Gasteiger partial charge in [0.15, 0.2) is 0 Å². The van der Waals surface area contributed by atoms with Gasteiger partial charge in [0, 0.05) is 25.1 Å². The second kappa shape index (κ2) is 5.48. The minimum Gasteiger partial charge on any atom is -0.465 e.